The van der Waals surface area contributed by atoms with Gasteiger partial charge < -0.3 is 24.2 Å². The molecule has 1 fully saturated rings. The van der Waals surface area contributed by atoms with E-state index in [1.54, 1.807) is 7.11 Å². The number of likely N-dealkylation sites (tertiary alicyclic amines) is 1. The van der Waals surface area contributed by atoms with Crippen LogP contribution >= 0.6 is 0 Å². The number of nitrogens with zero attached hydrogens (tertiary/aromatic N) is 1. The van der Waals surface area contributed by atoms with E-state index in [0.717, 1.165) is 35.9 Å². The van der Waals surface area contributed by atoms with E-state index in [0.29, 0.717) is 13.2 Å². The Bertz CT molecular complexity index is 1160. The Kier molecular flexibility index (Phi) is 7.73. The number of hydrogen-bond acceptors (Lipinski definition) is 5. The molecule has 196 valence electrons. The minimum absolute atomic E-state index is 0.103. The van der Waals surface area contributed by atoms with E-state index in [1.165, 1.54) is 30.4 Å². The van der Waals surface area contributed by atoms with Crippen molar-refractivity contribution in [2.24, 2.45) is 0 Å². The lowest BCUT2D eigenvalue weighted by Crippen LogP contribution is -2.43. The molecule has 0 bridgehead atoms. The minimum Gasteiger partial charge on any atom is -0.497 e. The number of β-amino-alcohol motifs (C(OH)–C–C–N with tert-alkyl or cyclic N) is 1. The summed E-state index contributed by atoms with van der Waals surface area (Å²) < 4.78 is 18.1. The Hall–Kier alpha value is -3.02. The second kappa shape index (κ2) is 11.2. The fraction of sp³-hybridized carbons (Fsp3) is 0.438. The third-order valence-corrected chi connectivity index (χ3v) is 7.77. The molecule has 0 spiro atoms. The molecule has 37 heavy (non-hydrogen) atoms. The van der Waals surface area contributed by atoms with Gasteiger partial charge in [0.15, 0.2) is 0 Å². The molecule has 0 saturated carbocycles. The number of aliphatic hydroxyl groups excluding tert-OH is 1. The molecule has 1 unspecified atom stereocenters. The van der Waals surface area contributed by atoms with E-state index in [1.807, 2.05) is 24.3 Å². The molecule has 0 aromatic heterocycles. The van der Waals surface area contributed by atoms with Gasteiger partial charge in [-0.15, -0.1) is 0 Å². The average Bonchev–Trinajstić information content (AvgIpc) is 2.91. The van der Waals surface area contributed by atoms with Gasteiger partial charge in [-0.05, 0) is 69.1 Å². The third-order valence-electron chi connectivity index (χ3n) is 7.77. The summed E-state index contributed by atoms with van der Waals surface area (Å²) >= 11 is 0. The molecule has 3 aromatic rings. The summed E-state index contributed by atoms with van der Waals surface area (Å²) in [4.78, 5) is 2.34. The van der Waals surface area contributed by atoms with E-state index in [9.17, 15) is 5.11 Å². The molecule has 5 heteroatoms. The van der Waals surface area contributed by atoms with Gasteiger partial charge in [-0.2, -0.15) is 0 Å². The number of ether oxygens (including phenoxy) is 3. The lowest BCUT2D eigenvalue weighted by molar-refractivity contribution is 0.0527. The number of rotatable bonds is 8. The van der Waals surface area contributed by atoms with Gasteiger partial charge in [-0.3, -0.25) is 0 Å². The Balaban J connectivity index is 1.39. The number of aliphatic hydroxyl groups is 1. The highest BCUT2D eigenvalue weighted by molar-refractivity contribution is 5.52. The maximum atomic E-state index is 10.5. The van der Waals surface area contributed by atoms with Gasteiger partial charge in [-0.1, -0.05) is 55.0 Å². The molecule has 2 aliphatic heterocycles. The zero-order chi connectivity index (χ0) is 25.8. The average molecular weight is 502 g/mol. The van der Waals surface area contributed by atoms with Crippen LogP contribution in [0.15, 0.2) is 72.8 Å². The summed E-state index contributed by atoms with van der Waals surface area (Å²) in [6.45, 7) is 7.46. The van der Waals surface area contributed by atoms with Crippen LogP contribution < -0.4 is 14.2 Å². The molecular formula is C32H39NO4. The quantitative estimate of drug-likeness (QED) is 0.410. The predicted molar refractivity (Wildman–Crippen MR) is 147 cm³/mol. The smallest absolute Gasteiger partial charge is 0.127 e. The molecule has 5 rings (SSSR count). The van der Waals surface area contributed by atoms with Crippen molar-refractivity contribution in [2.45, 2.75) is 56.7 Å². The van der Waals surface area contributed by atoms with Crippen molar-refractivity contribution in [1.82, 2.24) is 4.90 Å². The van der Waals surface area contributed by atoms with Crippen LogP contribution in [0.4, 0.5) is 0 Å². The molecule has 3 aromatic carbocycles. The van der Waals surface area contributed by atoms with Crippen LogP contribution in [0.5, 0.6) is 17.2 Å². The first-order valence-corrected chi connectivity index (χ1v) is 13.5. The van der Waals surface area contributed by atoms with Gasteiger partial charge in [0.2, 0.25) is 0 Å². The number of benzene rings is 3. The number of methoxy groups -OCH3 is 1. The molecule has 0 aliphatic carbocycles. The molecule has 5 nitrogen and oxygen atoms in total. The topological polar surface area (TPSA) is 51.2 Å². The maximum Gasteiger partial charge on any atom is 0.127 e. The first kappa shape index (κ1) is 25.6. The van der Waals surface area contributed by atoms with Crippen LogP contribution in [0.1, 0.15) is 61.6 Å². The summed E-state index contributed by atoms with van der Waals surface area (Å²) in [7, 11) is 1.68. The first-order chi connectivity index (χ1) is 17.9. The summed E-state index contributed by atoms with van der Waals surface area (Å²) in [5.41, 5.74) is 3.18. The molecular weight excluding hydrogens is 462 g/mol. The highest BCUT2D eigenvalue weighted by Gasteiger charge is 2.45. The number of hydrogen-bond donors (Lipinski definition) is 1. The van der Waals surface area contributed by atoms with Gasteiger partial charge >= 0.3 is 0 Å². The van der Waals surface area contributed by atoms with Crippen molar-refractivity contribution in [3.8, 4) is 17.2 Å². The molecule has 1 saturated heterocycles. The third kappa shape index (κ3) is 5.78. The van der Waals surface area contributed by atoms with Crippen LogP contribution in [-0.4, -0.2) is 55.1 Å². The van der Waals surface area contributed by atoms with Gasteiger partial charge in [0.05, 0.1) is 7.11 Å². The van der Waals surface area contributed by atoms with Crippen LogP contribution in [0, 0.1) is 0 Å². The van der Waals surface area contributed by atoms with Crippen molar-refractivity contribution in [1.29, 1.82) is 0 Å². The van der Waals surface area contributed by atoms with E-state index < -0.39 is 11.7 Å². The Morgan fingerprint density at radius 2 is 1.62 bits per heavy atom. The zero-order valence-electron chi connectivity index (χ0n) is 22.2. The fourth-order valence-electron chi connectivity index (χ4n) is 6.00. The van der Waals surface area contributed by atoms with Crippen molar-refractivity contribution >= 4 is 0 Å². The molecule has 3 atom stereocenters. The van der Waals surface area contributed by atoms with Crippen molar-refractivity contribution < 1.29 is 19.3 Å². The van der Waals surface area contributed by atoms with Crippen molar-refractivity contribution in [2.75, 3.05) is 33.4 Å². The second-order valence-electron chi connectivity index (χ2n) is 10.9. The molecule has 2 heterocycles. The summed E-state index contributed by atoms with van der Waals surface area (Å²) in [6.07, 6.45) is 3.25. The van der Waals surface area contributed by atoms with Crippen molar-refractivity contribution in [3.05, 3.63) is 89.5 Å². The van der Waals surface area contributed by atoms with E-state index in [2.05, 4.69) is 67.3 Å². The lowest BCUT2D eigenvalue weighted by atomic mass is 9.68. The highest BCUT2D eigenvalue weighted by Crippen LogP contribution is 2.53. The monoisotopic (exact) mass is 501 g/mol. The zero-order valence-corrected chi connectivity index (χ0v) is 22.2. The Morgan fingerprint density at radius 1 is 0.919 bits per heavy atom. The van der Waals surface area contributed by atoms with Gasteiger partial charge in [-0.25, -0.2) is 0 Å². The van der Waals surface area contributed by atoms with E-state index >= 15 is 0 Å². The molecule has 0 amide bonds. The van der Waals surface area contributed by atoms with Gasteiger partial charge in [0.1, 0.15) is 35.6 Å². The summed E-state index contributed by atoms with van der Waals surface area (Å²) in [5, 5.41) is 10.5. The SMILES string of the molecule is COc1ccc2c(c1)OC(C)(C)[C@@H](c1ccccc1)[C@@H]2c1ccc(OCC(O)CN2CCCCC2)cc1. The van der Waals surface area contributed by atoms with Crippen LogP contribution in [0.3, 0.4) is 0 Å². The highest BCUT2D eigenvalue weighted by atomic mass is 16.5. The Morgan fingerprint density at radius 3 is 2.32 bits per heavy atom. The molecule has 2 aliphatic rings. The standard InChI is InChI=1S/C32H39NO4/c1-32(2)31(24-10-6-4-7-11-24)30(28-17-16-27(35-3)20-29(28)37-32)23-12-14-26(15-13-23)36-22-25(34)21-33-18-8-5-9-19-33/h4,6-7,10-17,20,25,30-31,34H,5,8-9,18-19,21-22H2,1-3H3/t25?,30-,31+/m1/s1. The van der Waals surface area contributed by atoms with Crippen LogP contribution in [-0.2, 0) is 0 Å². The van der Waals surface area contributed by atoms with E-state index in [4.69, 9.17) is 14.2 Å². The predicted octanol–water partition coefficient (Wildman–Crippen LogP) is 6.01. The first-order valence-electron chi connectivity index (χ1n) is 13.5. The fourth-order valence-corrected chi connectivity index (χ4v) is 6.00. The normalized spacial score (nSPS) is 21.9. The summed E-state index contributed by atoms with van der Waals surface area (Å²) in [6, 6.07) is 25.1. The van der Waals surface area contributed by atoms with Crippen LogP contribution in [0.25, 0.3) is 0 Å². The molecule has 0 radical (unpaired) electrons. The van der Waals surface area contributed by atoms with Crippen molar-refractivity contribution in [3.63, 3.8) is 0 Å². The number of piperidine rings is 1. The largest absolute Gasteiger partial charge is 0.497 e. The lowest BCUT2D eigenvalue weighted by Gasteiger charge is -2.45. The second-order valence-corrected chi connectivity index (χ2v) is 10.9. The molecule has 1 N–H and O–H groups in total. The Labute approximate surface area is 221 Å². The van der Waals surface area contributed by atoms with E-state index in [-0.39, 0.29) is 11.8 Å². The summed E-state index contributed by atoms with van der Waals surface area (Å²) in [5.74, 6) is 2.65. The number of fused-ring (bicyclic) bond motifs is 1. The van der Waals surface area contributed by atoms with Gasteiger partial charge in [0.25, 0.3) is 0 Å². The van der Waals surface area contributed by atoms with Gasteiger partial charge in [0, 0.05) is 30.0 Å². The van der Waals surface area contributed by atoms with Crippen LogP contribution in [0.2, 0.25) is 0 Å². The maximum absolute atomic E-state index is 10.5. The minimum atomic E-state index is -0.488.